The molecule has 0 aromatic rings. The Bertz CT molecular complexity index is 292. The van der Waals surface area contributed by atoms with Crippen molar-refractivity contribution in [3.63, 3.8) is 0 Å². The van der Waals surface area contributed by atoms with Crippen LogP contribution in [0.3, 0.4) is 0 Å². The van der Waals surface area contributed by atoms with E-state index in [0.29, 0.717) is 0 Å². The minimum Gasteiger partial charge on any atom is -0.437 e. The summed E-state index contributed by atoms with van der Waals surface area (Å²) in [7, 11) is -3.56. The summed E-state index contributed by atoms with van der Waals surface area (Å²) in [6, 6.07) is 0.986. The number of methoxy groups -OCH3 is 1. The molecule has 1 aliphatic rings. The molecule has 4 nitrogen and oxygen atoms in total. The Kier molecular flexibility index (Phi) is 6.23. The summed E-state index contributed by atoms with van der Waals surface area (Å²) >= 11 is 0. The molecular formula is C13H32O4Si3. The molecule has 2 unspecified atom stereocenters. The monoisotopic (exact) mass is 336 g/mol. The largest absolute Gasteiger partial charge is 0.437 e. The first-order valence-corrected chi connectivity index (χ1v) is 16.8. The Morgan fingerprint density at radius 1 is 1.00 bits per heavy atom. The summed E-state index contributed by atoms with van der Waals surface area (Å²) in [6.45, 7) is 16.5. The molecule has 1 heterocycles. The minimum absolute atomic E-state index is 0.192. The van der Waals surface area contributed by atoms with Gasteiger partial charge in [0.2, 0.25) is 0 Å². The van der Waals surface area contributed by atoms with Crippen LogP contribution in [-0.2, 0) is 17.7 Å². The summed E-state index contributed by atoms with van der Waals surface area (Å²) in [6.07, 6.45) is 1.45. The van der Waals surface area contributed by atoms with Crippen molar-refractivity contribution in [3.05, 3.63) is 0 Å². The average molecular weight is 337 g/mol. The summed E-state index contributed by atoms with van der Waals surface area (Å²) in [5, 5.41) is 0. The molecule has 1 aliphatic heterocycles. The summed E-state index contributed by atoms with van der Waals surface area (Å²) in [5.74, 6) is 0. The molecule has 120 valence electrons. The molecule has 0 aromatic heterocycles. The van der Waals surface area contributed by atoms with E-state index < -0.39 is 25.2 Å². The number of epoxide rings is 1. The highest BCUT2D eigenvalue weighted by molar-refractivity contribution is 6.87. The standard InChI is InChI=1S/C13H32O4Si3/c1-14-12(13-11-15-13)9-10-20(8,16-18(2,3)4)17-19(5,6)7/h12-13H,9-11H2,1-8H3. The molecule has 0 aromatic carbocycles. The van der Waals surface area contributed by atoms with Crippen LogP contribution in [0.4, 0.5) is 0 Å². The van der Waals surface area contributed by atoms with Gasteiger partial charge in [0.05, 0.1) is 12.7 Å². The molecule has 0 aliphatic carbocycles. The second kappa shape index (κ2) is 6.72. The summed E-state index contributed by atoms with van der Waals surface area (Å²) in [4.78, 5) is 0. The average Bonchev–Trinajstić information content (AvgIpc) is 2.96. The smallest absolute Gasteiger partial charge is 0.314 e. The maximum Gasteiger partial charge on any atom is 0.314 e. The molecule has 1 saturated heterocycles. The fourth-order valence-corrected chi connectivity index (χ4v) is 15.1. The lowest BCUT2D eigenvalue weighted by atomic mass is 10.2. The molecule has 0 saturated carbocycles. The van der Waals surface area contributed by atoms with Gasteiger partial charge in [-0.15, -0.1) is 0 Å². The van der Waals surface area contributed by atoms with E-state index in [4.69, 9.17) is 17.7 Å². The van der Waals surface area contributed by atoms with Gasteiger partial charge in [-0.3, -0.25) is 0 Å². The second-order valence-electron chi connectivity index (χ2n) is 7.75. The van der Waals surface area contributed by atoms with Crippen LogP contribution in [-0.4, -0.2) is 51.1 Å². The molecule has 0 spiro atoms. The topological polar surface area (TPSA) is 40.2 Å². The SMILES string of the molecule is COC(CC[Si](C)(O[Si](C)(C)C)O[Si](C)(C)C)C1CO1. The zero-order chi connectivity index (χ0) is 15.6. The maximum absolute atomic E-state index is 6.49. The van der Waals surface area contributed by atoms with Crippen molar-refractivity contribution in [3.8, 4) is 0 Å². The molecule has 7 heteroatoms. The highest BCUT2D eigenvalue weighted by atomic mass is 28.5. The quantitative estimate of drug-likeness (QED) is 0.477. The third kappa shape index (κ3) is 7.49. The van der Waals surface area contributed by atoms with Gasteiger partial charge in [0.25, 0.3) is 0 Å². The molecule has 0 bridgehead atoms. The van der Waals surface area contributed by atoms with E-state index in [9.17, 15) is 0 Å². The van der Waals surface area contributed by atoms with E-state index in [0.717, 1.165) is 19.1 Å². The fraction of sp³-hybridized carbons (Fsp3) is 1.00. The second-order valence-corrected chi connectivity index (χ2v) is 20.6. The lowest BCUT2D eigenvalue weighted by Crippen LogP contribution is -2.52. The Morgan fingerprint density at radius 2 is 1.45 bits per heavy atom. The van der Waals surface area contributed by atoms with E-state index >= 15 is 0 Å². The van der Waals surface area contributed by atoms with Crippen LogP contribution >= 0.6 is 0 Å². The number of hydrogen-bond acceptors (Lipinski definition) is 4. The third-order valence-corrected chi connectivity index (χ3v) is 12.6. The third-order valence-electron chi connectivity index (χ3n) is 3.00. The van der Waals surface area contributed by atoms with Gasteiger partial charge < -0.3 is 17.7 Å². The van der Waals surface area contributed by atoms with Crippen LogP contribution in [0.1, 0.15) is 6.42 Å². The van der Waals surface area contributed by atoms with E-state index in [1.807, 2.05) is 0 Å². The van der Waals surface area contributed by atoms with Crippen molar-refractivity contribution in [2.45, 2.75) is 70.5 Å². The van der Waals surface area contributed by atoms with Crippen molar-refractivity contribution in [1.82, 2.24) is 0 Å². The Morgan fingerprint density at radius 3 is 1.75 bits per heavy atom. The van der Waals surface area contributed by atoms with Gasteiger partial charge in [-0.25, -0.2) is 0 Å². The van der Waals surface area contributed by atoms with Crippen molar-refractivity contribution in [2.75, 3.05) is 13.7 Å². The first-order valence-electron chi connectivity index (χ1n) is 7.49. The first-order chi connectivity index (χ1) is 8.94. The first kappa shape index (κ1) is 18.5. The van der Waals surface area contributed by atoms with E-state index in [1.54, 1.807) is 7.11 Å². The number of hydrogen-bond donors (Lipinski definition) is 0. The summed E-state index contributed by atoms with van der Waals surface area (Å²) < 4.78 is 23.9. The van der Waals surface area contributed by atoms with Crippen LogP contribution in [0.2, 0.25) is 51.9 Å². The van der Waals surface area contributed by atoms with Crippen molar-refractivity contribution in [2.24, 2.45) is 0 Å². The Labute approximate surface area is 127 Å². The van der Waals surface area contributed by atoms with E-state index in [2.05, 4.69) is 45.8 Å². The van der Waals surface area contributed by atoms with Gasteiger partial charge >= 0.3 is 8.56 Å². The molecular weight excluding hydrogens is 304 g/mol. The van der Waals surface area contributed by atoms with Crippen LogP contribution in [0.15, 0.2) is 0 Å². The lowest BCUT2D eigenvalue weighted by molar-refractivity contribution is 0.0718. The molecule has 2 atom stereocenters. The van der Waals surface area contributed by atoms with E-state index in [-0.39, 0.29) is 12.2 Å². The Balaban J connectivity index is 2.65. The van der Waals surface area contributed by atoms with Crippen LogP contribution in [0.25, 0.3) is 0 Å². The molecule has 0 amide bonds. The molecule has 0 N–H and O–H groups in total. The van der Waals surface area contributed by atoms with Crippen LogP contribution in [0, 0.1) is 0 Å². The molecule has 1 rings (SSSR count). The van der Waals surface area contributed by atoms with Crippen molar-refractivity contribution in [1.29, 1.82) is 0 Å². The van der Waals surface area contributed by atoms with Crippen LogP contribution < -0.4 is 0 Å². The number of ether oxygens (including phenoxy) is 2. The van der Waals surface area contributed by atoms with Gasteiger partial charge in [-0.2, -0.15) is 0 Å². The predicted molar refractivity (Wildman–Crippen MR) is 90.4 cm³/mol. The van der Waals surface area contributed by atoms with Crippen molar-refractivity contribution >= 4 is 25.2 Å². The maximum atomic E-state index is 6.49. The Hall–Kier alpha value is 0.491. The van der Waals surface area contributed by atoms with Gasteiger partial charge in [0.15, 0.2) is 16.6 Å². The van der Waals surface area contributed by atoms with Crippen molar-refractivity contribution < 1.29 is 17.7 Å². The fourth-order valence-electron chi connectivity index (χ4n) is 2.55. The zero-order valence-electron chi connectivity index (χ0n) is 14.4. The van der Waals surface area contributed by atoms with Crippen LogP contribution in [0.5, 0.6) is 0 Å². The van der Waals surface area contributed by atoms with Gasteiger partial charge in [-0.1, -0.05) is 0 Å². The minimum atomic E-state index is -2.13. The molecule has 1 fully saturated rings. The van der Waals surface area contributed by atoms with E-state index in [1.165, 1.54) is 0 Å². The highest BCUT2D eigenvalue weighted by Crippen LogP contribution is 2.29. The normalized spacial score (nSPS) is 21.9. The molecule has 20 heavy (non-hydrogen) atoms. The molecule has 0 radical (unpaired) electrons. The summed E-state index contributed by atoms with van der Waals surface area (Å²) in [5.41, 5.74) is 0. The lowest BCUT2D eigenvalue weighted by Gasteiger charge is -2.39. The van der Waals surface area contributed by atoms with Gasteiger partial charge in [0.1, 0.15) is 6.10 Å². The highest BCUT2D eigenvalue weighted by Gasteiger charge is 2.42. The zero-order valence-corrected chi connectivity index (χ0v) is 17.4. The van der Waals surface area contributed by atoms with Gasteiger partial charge in [-0.05, 0) is 58.3 Å². The number of rotatable bonds is 9. The predicted octanol–water partition coefficient (Wildman–Crippen LogP) is 3.57. The van der Waals surface area contributed by atoms with Gasteiger partial charge in [0, 0.05) is 7.11 Å².